The summed E-state index contributed by atoms with van der Waals surface area (Å²) in [4.78, 5) is 23.0. The van der Waals surface area contributed by atoms with E-state index in [1.165, 1.54) is 11.1 Å². The van der Waals surface area contributed by atoms with Gasteiger partial charge >= 0.3 is 0 Å². The van der Waals surface area contributed by atoms with Crippen LogP contribution in [0.4, 0.5) is 0 Å². The maximum atomic E-state index is 12.0. The second-order valence-corrected chi connectivity index (χ2v) is 5.51. The predicted molar refractivity (Wildman–Crippen MR) is 83.2 cm³/mol. The van der Waals surface area contributed by atoms with Crippen molar-refractivity contribution in [1.29, 1.82) is 0 Å². The Morgan fingerprint density at radius 2 is 2.18 bits per heavy atom. The van der Waals surface area contributed by atoms with Crippen molar-refractivity contribution in [3.63, 3.8) is 0 Å². The third kappa shape index (κ3) is 2.24. The number of nitrogens with one attached hydrogen (secondary N) is 1. The summed E-state index contributed by atoms with van der Waals surface area (Å²) in [5, 5.41) is 0.522. The number of pyridine rings is 1. The van der Waals surface area contributed by atoms with Crippen molar-refractivity contribution in [3.05, 3.63) is 64.2 Å². The van der Waals surface area contributed by atoms with Crippen molar-refractivity contribution < 1.29 is 4.74 Å². The van der Waals surface area contributed by atoms with E-state index in [2.05, 4.69) is 39.2 Å². The molecule has 0 radical (unpaired) electrons. The van der Waals surface area contributed by atoms with Gasteiger partial charge in [-0.1, -0.05) is 24.3 Å². The van der Waals surface area contributed by atoms with Crippen molar-refractivity contribution >= 4 is 10.9 Å². The molecule has 1 aliphatic rings. The molecule has 2 aromatic heterocycles. The Kier molecular flexibility index (Phi) is 3.11. The van der Waals surface area contributed by atoms with Gasteiger partial charge in [-0.3, -0.25) is 14.8 Å². The minimum atomic E-state index is -0.200. The number of rotatable bonds is 3. The molecule has 22 heavy (non-hydrogen) atoms. The van der Waals surface area contributed by atoms with E-state index < -0.39 is 0 Å². The molecular weight excluding hydrogens is 278 g/mol. The van der Waals surface area contributed by atoms with Crippen molar-refractivity contribution in [2.45, 2.75) is 18.8 Å². The molecule has 2 heterocycles. The van der Waals surface area contributed by atoms with Gasteiger partial charge in [0.2, 0.25) is 0 Å². The summed E-state index contributed by atoms with van der Waals surface area (Å²) in [6, 6.07) is 10.3. The molecule has 3 aromatic rings. The van der Waals surface area contributed by atoms with Gasteiger partial charge in [0.05, 0.1) is 23.7 Å². The predicted octanol–water partition coefficient (Wildman–Crippen LogP) is 2.43. The molecule has 1 unspecified atom stereocenters. The molecule has 5 heteroatoms. The smallest absolute Gasteiger partial charge is 0.297 e. The summed E-state index contributed by atoms with van der Waals surface area (Å²) in [7, 11) is 0. The number of hydrogen-bond donors (Lipinski definition) is 1. The number of benzene rings is 1. The normalized spacial score (nSPS) is 16.6. The quantitative estimate of drug-likeness (QED) is 0.805. The summed E-state index contributed by atoms with van der Waals surface area (Å²) >= 11 is 0. The molecule has 0 amide bonds. The molecule has 0 saturated carbocycles. The van der Waals surface area contributed by atoms with Crippen LogP contribution in [0.5, 0.6) is 6.01 Å². The first-order chi connectivity index (χ1) is 10.8. The van der Waals surface area contributed by atoms with Crippen molar-refractivity contribution in [3.8, 4) is 6.01 Å². The summed E-state index contributed by atoms with van der Waals surface area (Å²) in [5.74, 6) is 0.353. The number of fused-ring (bicyclic) bond motifs is 2. The zero-order chi connectivity index (χ0) is 14.9. The third-order valence-electron chi connectivity index (χ3n) is 4.17. The molecule has 0 aliphatic heterocycles. The fourth-order valence-corrected chi connectivity index (χ4v) is 3.04. The summed E-state index contributed by atoms with van der Waals surface area (Å²) in [6.45, 7) is 0.520. The Balaban J connectivity index is 1.57. The van der Waals surface area contributed by atoms with Crippen LogP contribution in [0.2, 0.25) is 0 Å². The maximum Gasteiger partial charge on any atom is 0.297 e. The maximum absolute atomic E-state index is 12.0. The Bertz CT molecular complexity index is 888. The lowest BCUT2D eigenvalue weighted by molar-refractivity contribution is 0.266. The SMILES string of the molecule is O=c1[nH]c(OCC2CCc3ccccc32)nc2cnccc12. The highest BCUT2D eigenvalue weighted by atomic mass is 16.5. The van der Waals surface area contributed by atoms with Gasteiger partial charge in [0.1, 0.15) is 0 Å². The summed E-state index contributed by atoms with van der Waals surface area (Å²) < 4.78 is 5.74. The number of H-pyrrole nitrogens is 1. The highest BCUT2D eigenvalue weighted by Crippen LogP contribution is 2.32. The highest BCUT2D eigenvalue weighted by molar-refractivity contribution is 5.76. The lowest BCUT2D eigenvalue weighted by Gasteiger charge is -2.12. The number of aromatic nitrogens is 3. The van der Waals surface area contributed by atoms with Crippen LogP contribution in [0.1, 0.15) is 23.5 Å². The molecule has 0 spiro atoms. The zero-order valence-corrected chi connectivity index (χ0v) is 12.0. The van der Waals surface area contributed by atoms with E-state index in [0.717, 1.165) is 12.8 Å². The highest BCUT2D eigenvalue weighted by Gasteiger charge is 2.22. The van der Waals surface area contributed by atoms with E-state index >= 15 is 0 Å². The molecule has 0 fully saturated rings. The first kappa shape index (κ1) is 13.0. The molecule has 110 valence electrons. The van der Waals surface area contributed by atoms with Gasteiger partial charge in [-0.15, -0.1) is 0 Å². The van der Waals surface area contributed by atoms with Crippen LogP contribution in [-0.4, -0.2) is 21.6 Å². The van der Waals surface area contributed by atoms with Crippen molar-refractivity contribution in [2.24, 2.45) is 0 Å². The van der Waals surface area contributed by atoms with Gasteiger partial charge in [-0.2, -0.15) is 4.98 Å². The van der Waals surface area contributed by atoms with Gasteiger partial charge in [0.25, 0.3) is 11.6 Å². The molecule has 1 N–H and O–H groups in total. The standard InChI is InChI=1S/C17H15N3O2/c21-16-14-7-8-18-9-15(14)19-17(20-16)22-10-12-6-5-11-3-1-2-4-13(11)12/h1-4,7-9,12H,5-6,10H2,(H,19,20,21). The minimum Gasteiger partial charge on any atom is -0.464 e. The van der Waals surface area contributed by atoms with Gasteiger partial charge < -0.3 is 4.74 Å². The fraction of sp³-hybridized carbons (Fsp3) is 0.235. The van der Waals surface area contributed by atoms with Crippen molar-refractivity contribution in [1.82, 2.24) is 15.0 Å². The average molecular weight is 293 g/mol. The first-order valence-corrected chi connectivity index (χ1v) is 7.36. The van der Waals surface area contributed by atoms with Gasteiger partial charge in [-0.25, -0.2) is 0 Å². The van der Waals surface area contributed by atoms with Crippen LogP contribution in [0.15, 0.2) is 47.5 Å². The van der Waals surface area contributed by atoms with Crippen LogP contribution in [0, 0.1) is 0 Å². The largest absolute Gasteiger partial charge is 0.464 e. The zero-order valence-electron chi connectivity index (χ0n) is 12.0. The molecule has 1 atom stereocenters. The fourth-order valence-electron chi connectivity index (χ4n) is 3.04. The second-order valence-electron chi connectivity index (χ2n) is 5.51. The van der Waals surface area contributed by atoms with E-state index in [0.29, 0.717) is 23.4 Å². The van der Waals surface area contributed by atoms with E-state index in [1.807, 2.05) is 0 Å². The van der Waals surface area contributed by atoms with Crippen LogP contribution in [-0.2, 0) is 6.42 Å². The second kappa shape index (κ2) is 5.26. The number of ether oxygens (including phenoxy) is 1. The van der Waals surface area contributed by atoms with E-state index in [9.17, 15) is 4.79 Å². The van der Waals surface area contributed by atoms with E-state index in [-0.39, 0.29) is 11.6 Å². The minimum absolute atomic E-state index is 0.200. The van der Waals surface area contributed by atoms with Gasteiger partial charge in [0.15, 0.2) is 0 Å². The molecule has 5 nitrogen and oxygen atoms in total. The monoisotopic (exact) mass is 293 g/mol. The van der Waals surface area contributed by atoms with Crippen LogP contribution in [0.3, 0.4) is 0 Å². The van der Waals surface area contributed by atoms with E-state index in [4.69, 9.17) is 4.74 Å². The van der Waals surface area contributed by atoms with Crippen molar-refractivity contribution in [2.75, 3.05) is 6.61 Å². The molecule has 4 rings (SSSR count). The lowest BCUT2D eigenvalue weighted by Crippen LogP contribution is -2.14. The Morgan fingerprint density at radius 1 is 1.27 bits per heavy atom. The lowest BCUT2D eigenvalue weighted by atomic mass is 10.0. The molecular formula is C17H15N3O2. The Labute approximate surface area is 127 Å². The first-order valence-electron chi connectivity index (χ1n) is 7.36. The number of nitrogens with zero attached hydrogens (tertiary/aromatic N) is 2. The molecule has 0 saturated heterocycles. The third-order valence-corrected chi connectivity index (χ3v) is 4.17. The Hall–Kier alpha value is -2.69. The number of aryl methyl sites for hydroxylation is 1. The summed E-state index contributed by atoms with van der Waals surface area (Å²) in [5.41, 5.74) is 3.08. The van der Waals surface area contributed by atoms with Crippen LogP contribution >= 0.6 is 0 Å². The Morgan fingerprint density at radius 3 is 3.14 bits per heavy atom. The summed E-state index contributed by atoms with van der Waals surface area (Å²) in [6.07, 6.45) is 5.30. The molecule has 0 bridgehead atoms. The topological polar surface area (TPSA) is 67.9 Å². The number of aromatic amines is 1. The average Bonchev–Trinajstić information content (AvgIpc) is 2.96. The molecule has 1 aliphatic carbocycles. The van der Waals surface area contributed by atoms with E-state index in [1.54, 1.807) is 18.5 Å². The van der Waals surface area contributed by atoms with Crippen LogP contribution in [0.25, 0.3) is 10.9 Å². The van der Waals surface area contributed by atoms with Gasteiger partial charge in [-0.05, 0) is 30.0 Å². The molecule has 1 aromatic carbocycles. The van der Waals surface area contributed by atoms with Crippen LogP contribution < -0.4 is 10.3 Å². The number of hydrogen-bond acceptors (Lipinski definition) is 4. The van der Waals surface area contributed by atoms with Gasteiger partial charge in [0, 0.05) is 12.1 Å².